The van der Waals surface area contributed by atoms with E-state index < -0.39 is 17.7 Å². The Morgan fingerprint density at radius 3 is 2.67 bits per heavy atom. The summed E-state index contributed by atoms with van der Waals surface area (Å²) in [5.74, 6) is -1.10. The molecule has 1 N–H and O–H groups in total. The third-order valence-corrected chi connectivity index (χ3v) is 6.39. The summed E-state index contributed by atoms with van der Waals surface area (Å²) in [6.07, 6.45) is -3.62. The van der Waals surface area contributed by atoms with Crippen LogP contribution in [0, 0.1) is 11.7 Å². The van der Waals surface area contributed by atoms with Gasteiger partial charge in [-0.25, -0.2) is 4.39 Å². The van der Waals surface area contributed by atoms with Crippen molar-refractivity contribution in [1.29, 1.82) is 0 Å². The van der Waals surface area contributed by atoms with Gasteiger partial charge in [0.25, 0.3) is 0 Å². The topological polar surface area (TPSA) is 44.8 Å². The lowest BCUT2D eigenvalue weighted by Crippen LogP contribution is -2.61. The zero-order chi connectivity index (χ0) is 23.6. The van der Waals surface area contributed by atoms with E-state index >= 15 is 0 Å². The molecule has 33 heavy (non-hydrogen) atoms. The van der Waals surface area contributed by atoms with Crippen molar-refractivity contribution in [2.75, 3.05) is 49.7 Å². The summed E-state index contributed by atoms with van der Waals surface area (Å²) in [4.78, 5) is 17.0. The molecule has 2 atom stereocenters. The molecule has 2 heterocycles. The lowest BCUT2D eigenvalue weighted by molar-refractivity contribution is -0.137. The van der Waals surface area contributed by atoms with Gasteiger partial charge >= 0.3 is 6.18 Å². The van der Waals surface area contributed by atoms with Crippen LogP contribution in [0.25, 0.3) is 0 Å². The number of methoxy groups -OCH3 is 1. The fourth-order valence-corrected chi connectivity index (χ4v) is 4.79. The molecule has 4 rings (SSSR count). The highest BCUT2D eigenvalue weighted by Crippen LogP contribution is 2.40. The van der Waals surface area contributed by atoms with Gasteiger partial charge in [-0.05, 0) is 48.7 Å². The summed E-state index contributed by atoms with van der Waals surface area (Å²) in [6.45, 7) is 2.30. The predicted octanol–water partition coefficient (Wildman–Crippen LogP) is 3.86. The van der Waals surface area contributed by atoms with Crippen LogP contribution in [0.1, 0.15) is 17.5 Å². The second kappa shape index (κ2) is 9.59. The number of amides is 1. The Kier molecular flexibility index (Phi) is 6.78. The highest BCUT2D eigenvalue weighted by molar-refractivity contribution is 5.82. The van der Waals surface area contributed by atoms with Gasteiger partial charge in [0.2, 0.25) is 5.91 Å². The molecule has 0 unspecified atom stereocenters. The van der Waals surface area contributed by atoms with Gasteiger partial charge in [-0.2, -0.15) is 13.2 Å². The maximum Gasteiger partial charge on any atom is 0.416 e. The van der Waals surface area contributed by atoms with Crippen molar-refractivity contribution >= 4 is 17.3 Å². The third kappa shape index (κ3) is 4.93. The van der Waals surface area contributed by atoms with Crippen LogP contribution < -0.4 is 15.1 Å². The molecule has 5 nitrogen and oxygen atoms in total. The smallest absolute Gasteiger partial charge is 0.385 e. The van der Waals surface area contributed by atoms with Gasteiger partial charge in [-0.15, -0.1) is 0 Å². The number of alkyl halides is 3. The lowest BCUT2D eigenvalue weighted by atomic mass is 9.82. The van der Waals surface area contributed by atoms with E-state index in [1.807, 2.05) is 9.80 Å². The molecule has 0 radical (unpaired) electrons. The van der Waals surface area contributed by atoms with Crippen molar-refractivity contribution in [3.05, 3.63) is 59.4 Å². The average Bonchev–Trinajstić information content (AvgIpc) is 2.80. The molecule has 1 saturated heterocycles. The van der Waals surface area contributed by atoms with Crippen LogP contribution >= 0.6 is 0 Å². The van der Waals surface area contributed by atoms with E-state index in [0.29, 0.717) is 56.1 Å². The summed E-state index contributed by atoms with van der Waals surface area (Å²) in [5, 5.41) is 2.90. The van der Waals surface area contributed by atoms with Gasteiger partial charge in [0.1, 0.15) is 5.82 Å². The summed E-state index contributed by atoms with van der Waals surface area (Å²) in [5.41, 5.74) is 0.973. The second-order valence-corrected chi connectivity index (χ2v) is 8.45. The minimum atomic E-state index is -4.45. The Morgan fingerprint density at radius 1 is 1.15 bits per heavy atom. The first-order valence-corrected chi connectivity index (χ1v) is 11.0. The molecule has 2 aromatic rings. The van der Waals surface area contributed by atoms with E-state index in [1.165, 1.54) is 12.1 Å². The fraction of sp³-hybridized carbons (Fsp3) is 0.458. The second-order valence-electron chi connectivity index (χ2n) is 8.45. The first-order valence-electron chi connectivity index (χ1n) is 11.0. The minimum Gasteiger partial charge on any atom is -0.385 e. The molecule has 0 bridgehead atoms. The molecule has 0 aliphatic carbocycles. The first-order chi connectivity index (χ1) is 15.8. The van der Waals surface area contributed by atoms with Crippen LogP contribution in [0.5, 0.6) is 0 Å². The summed E-state index contributed by atoms with van der Waals surface area (Å²) < 4.78 is 59.4. The summed E-state index contributed by atoms with van der Waals surface area (Å²) in [7, 11) is 1.58. The van der Waals surface area contributed by atoms with Crippen LogP contribution in [-0.2, 0) is 22.1 Å². The van der Waals surface area contributed by atoms with Crippen LogP contribution in [-0.4, -0.2) is 51.8 Å². The Bertz CT molecular complexity index is 998. The maximum absolute atomic E-state index is 14.4. The van der Waals surface area contributed by atoms with Crippen LogP contribution in [0.15, 0.2) is 42.5 Å². The minimum absolute atomic E-state index is 0.196. The number of nitrogens with zero attached hydrogens (tertiary/aromatic N) is 2. The van der Waals surface area contributed by atoms with Crippen LogP contribution in [0.4, 0.5) is 28.9 Å². The molecule has 178 valence electrons. The molecule has 0 saturated carbocycles. The van der Waals surface area contributed by atoms with Gasteiger partial charge in [0.15, 0.2) is 0 Å². The molecule has 2 aromatic carbocycles. The number of carbonyl (C=O) groups excluding carboxylic acids is 1. The number of anilines is 2. The molecule has 0 spiro atoms. The van der Waals surface area contributed by atoms with E-state index in [1.54, 1.807) is 25.3 Å². The normalized spacial score (nSPS) is 20.3. The molecule has 2 aliphatic rings. The number of halogens is 4. The SMILES string of the molecule is COCCCNC(=O)[C@H]1Cc2cc(C(F)(F)F)ccc2N2CCN(c3ccccc3F)C[C@H]12. The standard InChI is InChI=1S/C24H27F4N3O2/c1-33-12-4-9-29-23(32)18-14-16-13-17(24(26,27)28)7-8-20(16)31-11-10-30(15-22(18)31)21-6-3-2-5-19(21)25/h2-3,5-8,13,18,22H,4,9-12,14-15H2,1H3,(H,29,32)/t18-,22+/m0/s1. The van der Waals surface area contributed by atoms with E-state index in [2.05, 4.69) is 5.32 Å². The number of benzene rings is 2. The number of nitrogens with one attached hydrogen (secondary N) is 1. The van der Waals surface area contributed by atoms with Crippen molar-refractivity contribution in [3.8, 4) is 0 Å². The number of ether oxygens (including phenoxy) is 1. The number of carbonyl (C=O) groups is 1. The van der Waals surface area contributed by atoms with Gasteiger partial charge in [-0.3, -0.25) is 4.79 Å². The molecule has 1 amide bonds. The molecule has 1 fully saturated rings. The van der Waals surface area contributed by atoms with E-state index in [9.17, 15) is 22.4 Å². The van der Waals surface area contributed by atoms with Gasteiger partial charge in [0.05, 0.1) is 23.2 Å². The molecule has 0 aromatic heterocycles. The number of hydrogen-bond donors (Lipinski definition) is 1. The van der Waals surface area contributed by atoms with Crippen molar-refractivity contribution in [3.63, 3.8) is 0 Å². The van der Waals surface area contributed by atoms with Crippen molar-refractivity contribution in [2.24, 2.45) is 5.92 Å². The van der Waals surface area contributed by atoms with E-state index in [4.69, 9.17) is 4.74 Å². The number of hydrogen-bond acceptors (Lipinski definition) is 4. The Hall–Kier alpha value is -2.81. The zero-order valence-electron chi connectivity index (χ0n) is 18.4. The highest BCUT2D eigenvalue weighted by Gasteiger charge is 2.43. The summed E-state index contributed by atoms with van der Waals surface area (Å²) >= 11 is 0. The quantitative estimate of drug-likeness (QED) is 0.520. The van der Waals surface area contributed by atoms with Crippen molar-refractivity contribution in [2.45, 2.75) is 25.1 Å². The van der Waals surface area contributed by atoms with Crippen molar-refractivity contribution in [1.82, 2.24) is 5.32 Å². The molecular weight excluding hydrogens is 438 g/mol. The molecule has 2 aliphatic heterocycles. The van der Waals surface area contributed by atoms with E-state index in [0.717, 1.165) is 12.1 Å². The number of fused-ring (bicyclic) bond motifs is 3. The molecular formula is C24H27F4N3O2. The van der Waals surface area contributed by atoms with Gasteiger partial charge < -0.3 is 19.9 Å². The third-order valence-electron chi connectivity index (χ3n) is 6.39. The number of para-hydroxylation sites is 1. The first kappa shape index (κ1) is 23.4. The summed E-state index contributed by atoms with van der Waals surface area (Å²) in [6, 6.07) is 9.94. The van der Waals surface area contributed by atoms with Gasteiger partial charge in [-0.1, -0.05) is 12.1 Å². The van der Waals surface area contributed by atoms with Crippen LogP contribution in [0.2, 0.25) is 0 Å². The fourth-order valence-electron chi connectivity index (χ4n) is 4.79. The Labute approximate surface area is 190 Å². The lowest BCUT2D eigenvalue weighted by Gasteiger charge is -2.49. The van der Waals surface area contributed by atoms with Crippen LogP contribution in [0.3, 0.4) is 0 Å². The number of piperazine rings is 1. The molecule has 9 heteroatoms. The zero-order valence-corrected chi connectivity index (χ0v) is 18.4. The van der Waals surface area contributed by atoms with Gasteiger partial charge in [0, 0.05) is 45.6 Å². The monoisotopic (exact) mass is 465 g/mol. The maximum atomic E-state index is 14.4. The van der Waals surface area contributed by atoms with Crippen molar-refractivity contribution < 1.29 is 27.1 Å². The highest BCUT2D eigenvalue weighted by atomic mass is 19.4. The predicted molar refractivity (Wildman–Crippen MR) is 118 cm³/mol. The van der Waals surface area contributed by atoms with E-state index in [-0.39, 0.29) is 24.2 Å². The Morgan fingerprint density at radius 2 is 1.94 bits per heavy atom. The average molecular weight is 465 g/mol. The number of rotatable bonds is 6. The Balaban J connectivity index is 1.63. The largest absolute Gasteiger partial charge is 0.416 e.